The van der Waals surface area contributed by atoms with E-state index >= 15 is 0 Å². The second-order valence-electron chi connectivity index (χ2n) is 6.07. The Hall–Kier alpha value is -2.75. The summed E-state index contributed by atoms with van der Waals surface area (Å²) < 4.78 is 5.83. The number of rotatable bonds is 5. The first kappa shape index (κ1) is 17.6. The number of carbonyl (C=O) groups is 1. The van der Waals surface area contributed by atoms with Crippen molar-refractivity contribution in [2.75, 3.05) is 5.73 Å². The minimum atomic E-state index is -0.117. The van der Waals surface area contributed by atoms with Crippen molar-refractivity contribution in [1.29, 1.82) is 0 Å². The number of allylic oxidation sites excluding steroid dienone is 1. The molecule has 0 unspecified atom stereocenters. The van der Waals surface area contributed by atoms with Gasteiger partial charge in [0.1, 0.15) is 11.5 Å². The fourth-order valence-electron chi connectivity index (χ4n) is 2.41. The van der Waals surface area contributed by atoms with E-state index in [4.69, 9.17) is 10.5 Å². The zero-order valence-electron chi connectivity index (χ0n) is 14.5. The summed E-state index contributed by atoms with van der Waals surface area (Å²) in [6, 6.07) is 8.60. The van der Waals surface area contributed by atoms with Gasteiger partial charge in [0, 0.05) is 22.4 Å². The molecule has 0 radical (unpaired) electrons. The summed E-state index contributed by atoms with van der Waals surface area (Å²) in [5.41, 5.74) is 9.00. The predicted octanol–water partition coefficient (Wildman–Crippen LogP) is 4.27. The summed E-state index contributed by atoms with van der Waals surface area (Å²) in [4.78, 5) is 12.3. The number of hydrogen-bond donors (Lipinski definition) is 2. The van der Waals surface area contributed by atoms with Crippen molar-refractivity contribution in [3.8, 4) is 11.5 Å². The van der Waals surface area contributed by atoms with Crippen LogP contribution in [0.15, 0.2) is 36.4 Å². The Morgan fingerprint density at radius 1 is 1.21 bits per heavy atom. The average Bonchev–Trinajstić information content (AvgIpc) is 2.54. The van der Waals surface area contributed by atoms with E-state index < -0.39 is 0 Å². The Kier molecular flexibility index (Phi) is 5.29. The van der Waals surface area contributed by atoms with Crippen molar-refractivity contribution < 1.29 is 14.6 Å². The molecule has 3 N–H and O–H groups in total. The van der Waals surface area contributed by atoms with Crippen LogP contribution in [0.2, 0.25) is 0 Å². The minimum absolute atomic E-state index is 0.0363. The van der Waals surface area contributed by atoms with E-state index in [1.807, 2.05) is 26.8 Å². The number of anilines is 1. The third-order valence-corrected chi connectivity index (χ3v) is 3.67. The van der Waals surface area contributed by atoms with Gasteiger partial charge in [-0.15, -0.1) is 0 Å². The van der Waals surface area contributed by atoms with Gasteiger partial charge in [0.25, 0.3) is 0 Å². The topological polar surface area (TPSA) is 72.6 Å². The SMILES string of the molecule is Cc1cc(C=CC(=O)c2ccc(N)cc2)c(OC(C)C)c(C)c1O. The lowest BCUT2D eigenvalue weighted by atomic mass is 10.0. The minimum Gasteiger partial charge on any atom is -0.507 e. The number of benzene rings is 2. The van der Waals surface area contributed by atoms with E-state index in [0.717, 1.165) is 11.1 Å². The maximum absolute atomic E-state index is 12.3. The Morgan fingerprint density at radius 2 is 1.83 bits per heavy atom. The fraction of sp³-hybridized carbons (Fsp3) is 0.250. The quantitative estimate of drug-likeness (QED) is 0.489. The first-order valence-corrected chi connectivity index (χ1v) is 7.87. The molecule has 0 spiro atoms. The van der Waals surface area contributed by atoms with Gasteiger partial charge in [-0.3, -0.25) is 4.79 Å². The lowest BCUT2D eigenvalue weighted by Crippen LogP contribution is -2.08. The Balaban J connectivity index is 2.37. The summed E-state index contributed by atoms with van der Waals surface area (Å²) in [6.07, 6.45) is 3.19. The third-order valence-electron chi connectivity index (χ3n) is 3.67. The molecule has 126 valence electrons. The van der Waals surface area contributed by atoms with Gasteiger partial charge in [0.15, 0.2) is 5.78 Å². The van der Waals surface area contributed by atoms with Crippen LogP contribution in [-0.2, 0) is 0 Å². The van der Waals surface area contributed by atoms with Crippen molar-refractivity contribution in [1.82, 2.24) is 0 Å². The maximum atomic E-state index is 12.3. The van der Waals surface area contributed by atoms with E-state index in [-0.39, 0.29) is 17.6 Å². The number of phenols is 1. The molecule has 0 fully saturated rings. The average molecular weight is 325 g/mol. The largest absolute Gasteiger partial charge is 0.507 e. The molecule has 0 aliphatic carbocycles. The molecule has 24 heavy (non-hydrogen) atoms. The fourth-order valence-corrected chi connectivity index (χ4v) is 2.41. The standard InChI is InChI=1S/C20H23NO3/c1-12(2)24-20-14(4)19(23)13(3)11-16(20)7-10-18(22)15-5-8-17(21)9-6-15/h5-12,23H,21H2,1-4H3. The van der Waals surface area contributed by atoms with Gasteiger partial charge in [0.2, 0.25) is 0 Å². The Labute approximate surface area is 142 Å². The molecule has 0 aliphatic heterocycles. The second kappa shape index (κ2) is 7.21. The molecule has 0 amide bonds. The van der Waals surface area contributed by atoms with Crippen molar-refractivity contribution in [2.24, 2.45) is 0 Å². The van der Waals surface area contributed by atoms with Crippen LogP contribution in [-0.4, -0.2) is 17.0 Å². The monoisotopic (exact) mass is 325 g/mol. The van der Waals surface area contributed by atoms with Crippen LogP contribution in [0.25, 0.3) is 6.08 Å². The van der Waals surface area contributed by atoms with E-state index in [2.05, 4.69) is 0 Å². The molecule has 0 bridgehead atoms. The Bertz CT molecular complexity index is 774. The molecular weight excluding hydrogens is 302 g/mol. The van der Waals surface area contributed by atoms with Crippen molar-refractivity contribution >= 4 is 17.5 Å². The zero-order valence-corrected chi connectivity index (χ0v) is 14.5. The number of hydrogen-bond acceptors (Lipinski definition) is 4. The van der Waals surface area contributed by atoms with Crippen molar-refractivity contribution in [3.63, 3.8) is 0 Å². The molecule has 0 heterocycles. The van der Waals surface area contributed by atoms with E-state index in [1.54, 1.807) is 37.3 Å². The molecule has 4 nitrogen and oxygen atoms in total. The van der Waals surface area contributed by atoms with Crippen LogP contribution in [0.4, 0.5) is 5.69 Å². The van der Waals surface area contributed by atoms with Crippen LogP contribution in [0.3, 0.4) is 0 Å². The molecule has 2 rings (SSSR count). The van der Waals surface area contributed by atoms with Gasteiger partial charge in [-0.05, 0) is 75.7 Å². The normalized spacial score (nSPS) is 11.2. The van der Waals surface area contributed by atoms with Gasteiger partial charge in [-0.1, -0.05) is 0 Å². The van der Waals surface area contributed by atoms with Crippen molar-refractivity contribution in [3.05, 3.63) is 58.7 Å². The summed E-state index contributed by atoms with van der Waals surface area (Å²) in [5, 5.41) is 10.1. The lowest BCUT2D eigenvalue weighted by Gasteiger charge is -2.17. The van der Waals surface area contributed by atoms with Crippen molar-refractivity contribution in [2.45, 2.75) is 33.8 Å². The number of nitrogens with two attached hydrogens (primary N) is 1. The summed E-state index contributed by atoms with van der Waals surface area (Å²) in [5.74, 6) is 0.691. The molecule has 2 aromatic rings. The first-order valence-electron chi connectivity index (χ1n) is 7.87. The van der Waals surface area contributed by atoms with E-state index in [9.17, 15) is 9.90 Å². The molecule has 0 aliphatic rings. The number of phenolic OH excluding ortho intramolecular Hbond substituents is 1. The van der Waals surface area contributed by atoms with E-state index in [1.165, 1.54) is 6.08 Å². The molecule has 0 aromatic heterocycles. The number of ketones is 1. The van der Waals surface area contributed by atoms with Gasteiger partial charge >= 0.3 is 0 Å². The number of nitrogen functional groups attached to an aromatic ring is 1. The summed E-state index contributed by atoms with van der Waals surface area (Å²) in [6.45, 7) is 7.46. The molecule has 0 atom stereocenters. The van der Waals surface area contributed by atoms with Crippen LogP contribution in [0, 0.1) is 13.8 Å². The number of aryl methyl sites for hydroxylation is 1. The molecule has 4 heteroatoms. The maximum Gasteiger partial charge on any atom is 0.185 e. The molecular formula is C20H23NO3. The number of aromatic hydroxyl groups is 1. The van der Waals surface area contributed by atoms with Gasteiger partial charge in [-0.25, -0.2) is 0 Å². The van der Waals surface area contributed by atoms with E-state index in [0.29, 0.717) is 22.6 Å². The first-order chi connectivity index (χ1) is 11.3. The smallest absolute Gasteiger partial charge is 0.185 e. The number of ether oxygens (including phenoxy) is 1. The summed E-state index contributed by atoms with van der Waals surface area (Å²) >= 11 is 0. The zero-order chi connectivity index (χ0) is 17.9. The highest BCUT2D eigenvalue weighted by atomic mass is 16.5. The van der Waals surface area contributed by atoms with Crippen LogP contribution in [0.1, 0.15) is 40.9 Å². The van der Waals surface area contributed by atoms with Crippen LogP contribution >= 0.6 is 0 Å². The van der Waals surface area contributed by atoms with Crippen LogP contribution in [0.5, 0.6) is 11.5 Å². The highest BCUT2D eigenvalue weighted by Crippen LogP contribution is 2.35. The molecule has 0 saturated heterocycles. The second-order valence-corrected chi connectivity index (χ2v) is 6.07. The van der Waals surface area contributed by atoms with Crippen LogP contribution < -0.4 is 10.5 Å². The van der Waals surface area contributed by atoms with Gasteiger partial charge in [0.05, 0.1) is 6.10 Å². The third kappa shape index (κ3) is 3.96. The lowest BCUT2D eigenvalue weighted by molar-refractivity contribution is 0.104. The Morgan fingerprint density at radius 3 is 2.42 bits per heavy atom. The van der Waals surface area contributed by atoms with Gasteiger partial charge in [-0.2, -0.15) is 0 Å². The summed E-state index contributed by atoms with van der Waals surface area (Å²) in [7, 11) is 0. The predicted molar refractivity (Wildman–Crippen MR) is 97.6 cm³/mol. The number of carbonyl (C=O) groups excluding carboxylic acids is 1. The highest BCUT2D eigenvalue weighted by molar-refractivity contribution is 6.07. The highest BCUT2D eigenvalue weighted by Gasteiger charge is 2.14. The molecule has 0 saturated carbocycles. The van der Waals surface area contributed by atoms with Gasteiger partial charge < -0.3 is 15.6 Å². The molecule has 2 aromatic carbocycles.